The molecule has 5 heteroatoms. The number of hydrogen-bond donors (Lipinski definition) is 1. The van der Waals surface area contributed by atoms with Crippen LogP contribution < -0.4 is 14.8 Å². The fourth-order valence-electron chi connectivity index (χ4n) is 2.23. The van der Waals surface area contributed by atoms with Gasteiger partial charge in [-0.3, -0.25) is 4.79 Å². The van der Waals surface area contributed by atoms with Gasteiger partial charge in [0.05, 0.1) is 13.2 Å². The van der Waals surface area contributed by atoms with Gasteiger partial charge < -0.3 is 14.8 Å². The maximum absolute atomic E-state index is 12.3. The molecule has 0 aromatic heterocycles. The molecule has 0 aliphatic heterocycles. The van der Waals surface area contributed by atoms with Gasteiger partial charge in [0.15, 0.2) is 6.10 Å². The SMILES string of the molecule is COc1ccccc1[C@@H](C)NC(=O)[C@H](C)Oc1cccc(Cl)c1. The highest BCUT2D eigenvalue weighted by Gasteiger charge is 2.19. The van der Waals surface area contributed by atoms with E-state index in [4.69, 9.17) is 21.1 Å². The zero-order chi connectivity index (χ0) is 16.8. The quantitative estimate of drug-likeness (QED) is 0.869. The van der Waals surface area contributed by atoms with E-state index in [1.807, 2.05) is 31.2 Å². The predicted octanol–water partition coefficient (Wildman–Crippen LogP) is 3.99. The Hall–Kier alpha value is -2.20. The van der Waals surface area contributed by atoms with Gasteiger partial charge in [-0.15, -0.1) is 0 Å². The van der Waals surface area contributed by atoms with Crippen LogP contribution in [0.2, 0.25) is 5.02 Å². The molecule has 0 heterocycles. The Morgan fingerprint density at radius 1 is 1.13 bits per heavy atom. The van der Waals surface area contributed by atoms with Crippen molar-refractivity contribution in [1.82, 2.24) is 5.32 Å². The van der Waals surface area contributed by atoms with Crippen molar-refractivity contribution in [2.24, 2.45) is 0 Å². The highest BCUT2D eigenvalue weighted by atomic mass is 35.5. The number of methoxy groups -OCH3 is 1. The third-order valence-electron chi connectivity index (χ3n) is 3.44. The Morgan fingerprint density at radius 2 is 1.87 bits per heavy atom. The molecule has 2 aromatic carbocycles. The largest absolute Gasteiger partial charge is 0.496 e. The normalized spacial score (nSPS) is 13.0. The highest BCUT2D eigenvalue weighted by molar-refractivity contribution is 6.30. The third kappa shape index (κ3) is 4.63. The second-order valence-corrected chi connectivity index (χ2v) is 5.63. The summed E-state index contributed by atoms with van der Waals surface area (Å²) < 4.78 is 10.9. The maximum Gasteiger partial charge on any atom is 0.261 e. The fraction of sp³-hybridized carbons (Fsp3) is 0.278. The van der Waals surface area contributed by atoms with E-state index in [0.29, 0.717) is 10.8 Å². The Labute approximate surface area is 141 Å². The van der Waals surface area contributed by atoms with Crippen molar-refractivity contribution in [3.63, 3.8) is 0 Å². The number of carbonyl (C=O) groups is 1. The highest BCUT2D eigenvalue weighted by Crippen LogP contribution is 2.24. The summed E-state index contributed by atoms with van der Waals surface area (Å²) in [6.07, 6.45) is -0.634. The molecule has 0 fully saturated rings. The van der Waals surface area contributed by atoms with Crippen LogP contribution in [0.1, 0.15) is 25.5 Å². The van der Waals surface area contributed by atoms with Gasteiger partial charge in [-0.05, 0) is 38.1 Å². The number of amides is 1. The zero-order valence-corrected chi connectivity index (χ0v) is 14.1. The first-order valence-corrected chi connectivity index (χ1v) is 7.74. The maximum atomic E-state index is 12.3. The molecule has 1 N–H and O–H groups in total. The van der Waals surface area contributed by atoms with Crippen LogP contribution in [0, 0.1) is 0 Å². The van der Waals surface area contributed by atoms with Crippen molar-refractivity contribution < 1.29 is 14.3 Å². The lowest BCUT2D eigenvalue weighted by Gasteiger charge is -2.20. The summed E-state index contributed by atoms with van der Waals surface area (Å²) in [6, 6.07) is 14.4. The lowest BCUT2D eigenvalue weighted by Crippen LogP contribution is -2.37. The molecular weight excluding hydrogens is 314 g/mol. The minimum Gasteiger partial charge on any atom is -0.496 e. The summed E-state index contributed by atoms with van der Waals surface area (Å²) in [5, 5.41) is 3.50. The van der Waals surface area contributed by atoms with Crippen molar-refractivity contribution in [2.75, 3.05) is 7.11 Å². The molecule has 0 bridgehead atoms. The molecule has 2 aromatic rings. The number of benzene rings is 2. The van der Waals surface area contributed by atoms with Gasteiger partial charge in [-0.1, -0.05) is 35.9 Å². The predicted molar refractivity (Wildman–Crippen MR) is 91.1 cm³/mol. The average molecular weight is 334 g/mol. The number of rotatable bonds is 6. The number of para-hydroxylation sites is 1. The van der Waals surface area contributed by atoms with Gasteiger partial charge in [0.1, 0.15) is 11.5 Å². The summed E-state index contributed by atoms with van der Waals surface area (Å²) >= 11 is 5.91. The van der Waals surface area contributed by atoms with Crippen molar-refractivity contribution in [1.29, 1.82) is 0 Å². The number of halogens is 1. The number of hydrogen-bond acceptors (Lipinski definition) is 3. The summed E-state index contributed by atoms with van der Waals surface area (Å²) in [5.74, 6) is 1.09. The van der Waals surface area contributed by atoms with E-state index in [1.54, 1.807) is 38.3 Å². The number of carbonyl (C=O) groups excluding carboxylic acids is 1. The molecule has 2 rings (SSSR count). The van der Waals surface area contributed by atoms with Crippen LogP contribution >= 0.6 is 11.6 Å². The van der Waals surface area contributed by atoms with E-state index in [0.717, 1.165) is 11.3 Å². The van der Waals surface area contributed by atoms with Gasteiger partial charge >= 0.3 is 0 Å². The van der Waals surface area contributed by atoms with E-state index in [2.05, 4.69) is 5.32 Å². The Bertz CT molecular complexity index is 675. The second-order valence-electron chi connectivity index (χ2n) is 5.19. The van der Waals surface area contributed by atoms with Crippen LogP contribution in [0.15, 0.2) is 48.5 Å². The monoisotopic (exact) mass is 333 g/mol. The van der Waals surface area contributed by atoms with Crippen LogP contribution in [0.4, 0.5) is 0 Å². The standard InChI is InChI=1S/C18H20ClNO3/c1-12(16-9-4-5-10-17(16)22-3)20-18(21)13(2)23-15-8-6-7-14(19)11-15/h4-13H,1-3H3,(H,20,21)/t12-,13+/m1/s1. The zero-order valence-electron chi connectivity index (χ0n) is 13.4. The number of nitrogens with one attached hydrogen (secondary N) is 1. The van der Waals surface area contributed by atoms with E-state index in [-0.39, 0.29) is 11.9 Å². The van der Waals surface area contributed by atoms with Gasteiger partial charge in [0, 0.05) is 10.6 Å². The Kier molecular flexibility index (Phi) is 5.88. The summed E-state index contributed by atoms with van der Waals surface area (Å²) in [7, 11) is 1.61. The Morgan fingerprint density at radius 3 is 2.57 bits per heavy atom. The molecular formula is C18H20ClNO3. The van der Waals surface area contributed by atoms with Gasteiger partial charge in [0.2, 0.25) is 0 Å². The van der Waals surface area contributed by atoms with Gasteiger partial charge in [-0.2, -0.15) is 0 Å². The molecule has 0 unspecified atom stereocenters. The van der Waals surface area contributed by atoms with Crippen LogP contribution in [0.3, 0.4) is 0 Å². The first-order chi connectivity index (χ1) is 11.0. The molecule has 0 aliphatic carbocycles. The van der Waals surface area contributed by atoms with Crippen molar-refractivity contribution >= 4 is 17.5 Å². The summed E-state index contributed by atoms with van der Waals surface area (Å²) in [6.45, 7) is 3.60. The van der Waals surface area contributed by atoms with Crippen molar-refractivity contribution in [3.8, 4) is 11.5 Å². The molecule has 23 heavy (non-hydrogen) atoms. The van der Waals surface area contributed by atoms with Crippen LogP contribution in [-0.2, 0) is 4.79 Å². The minimum absolute atomic E-state index is 0.191. The molecule has 2 atom stereocenters. The molecule has 122 valence electrons. The third-order valence-corrected chi connectivity index (χ3v) is 3.68. The van der Waals surface area contributed by atoms with Crippen LogP contribution in [-0.4, -0.2) is 19.1 Å². The smallest absolute Gasteiger partial charge is 0.261 e. The molecule has 1 amide bonds. The van der Waals surface area contributed by atoms with Crippen LogP contribution in [0.25, 0.3) is 0 Å². The van der Waals surface area contributed by atoms with Crippen molar-refractivity contribution in [3.05, 3.63) is 59.1 Å². The van der Waals surface area contributed by atoms with E-state index >= 15 is 0 Å². The molecule has 0 saturated heterocycles. The molecule has 0 spiro atoms. The lowest BCUT2D eigenvalue weighted by atomic mass is 10.1. The fourth-order valence-corrected chi connectivity index (χ4v) is 2.41. The lowest BCUT2D eigenvalue weighted by molar-refractivity contribution is -0.127. The minimum atomic E-state index is -0.634. The number of ether oxygens (including phenoxy) is 2. The van der Waals surface area contributed by atoms with Crippen LogP contribution in [0.5, 0.6) is 11.5 Å². The summed E-state index contributed by atoms with van der Waals surface area (Å²) in [5.41, 5.74) is 0.915. The molecule has 0 aliphatic rings. The van der Waals surface area contributed by atoms with Crippen molar-refractivity contribution in [2.45, 2.75) is 26.0 Å². The first-order valence-electron chi connectivity index (χ1n) is 7.36. The second kappa shape index (κ2) is 7.88. The Balaban J connectivity index is 2.00. The molecule has 4 nitrogen and oxygen atoms in total. The van der Waals surface area contributed by atoms with E-state index in [9.17, 15) is 4.79 Å². The first kappa shape index (κ1) is 17.2. The van der Waals surface area contributed by atoms with Gasteiger partial charge in [0.25, 0.3) is 5.91 Å². The van der Waals surface area contributed by atoms with E-state index in [1.165, 1.54) is 0 Å². The van der Waals surface area contributed by atoms with E-state index < -0.39 is 6.10 Å². The topological polar surface area (TPSA) is 47.6 Å². The molecule has 0 saturated carbocycles. The summed E-state index contributed by atoms with van der Waals surface area (Å²) in [4.78, 5) is 12.3. The molecule has 0 radical (unpaired) electrons. The average Bonchev–Trinajstić information content (AvgIpc) is 2.54. The van der Waals surface area contributed by atoms with Gasteiger partial charge in [-0.25, -0.2) is 0 Å².